The van der Waals surface area contributed by atoms with E-state index in [1.807, 2.05) is 12.1 Å². The Morgan fingerprint density at radius 2 is 1.83 bits per heavy atom. The molecule has 0 atom stereocenters. The van der Waals surface area contributed by atoms with Gasteiger partial charge in [-0.2, -0.15) is 5.10 Å². The Labute approximate surface area is 211 Å². The first kappa shape index (κ1) is 22.0. The predicted molar refractivity (Wildman–Crippen MR) is 137 cm³/mol. The van der Waals surface area contributed by atoms with Crippen LogP contribution in [0.4, 0.5) is 4.39 Å². The summed E-state index contributed by atoms with van der Waals surface area (Å²) in [6.07, 6.45) is 3.71. The molecule has 6 aromatic rings. The number of hydrogen-bond acceptors (Lipinski definition) is 6. The lowest BCUT2D eigenvalue weighted by molar-refractivity contribution is 0.112. The van der Waals surface area contributed by atoms with Crippen molar-refractivity contribution >= 4 is 44.2 Å². The van der Waals surface area contributed by atoms with Gasteiger partial charge in [0.15, 0.2) is 17.8 Å². The summed E-state index contributed by atoms with van der Waals surface area (Å²) >= 11 is 3.41. The molecule has 36 heavy (non-hydrogen) atoms. The zero-order chi connectivity index (χ0) is 24.8. The number of halogens is 2. The van der Waals surface area contributed by atoms with Crippen LogP contribution in [0.1, 0.15) is 10.4 Å². The monoisotopic (exact) mass is 540 g/mol. The molecule has 4 heterocycles. The third kappa shape index (κ3) is 3.79. The SMILES string of the molecule is O=Cc1cn(-c2nc3ncccc3cc2-c2cccc(F)c2)nc1-c1cc2cc(Br)ccc2oc1=O. The zero-order valence-corrected chi connectivity index (χ0v) is 19.9. The molecule has 0 amide bonds. The van der Waals surface area contributed by atoms with Crippen LogP contribution in [0.15, 0.2) is 92.8 Å². The Morgan fingerprint density at radius 1 is 0.972 bits per heavy atom. The summed E-state index contributed by atoms with van der Waals surface area (Å²) in [5, 5.41) is 5.98. The minimum atomic E-state index is -0.628. The van der Waals surface area contributed by atoms with Gasteiger partial charge in [-0.05, 0) is 60.2 Å². The molecule has 174 valence electrons. The second kappa shape index (κ2) is 8.62. The Hall–Kier alpha value is -4.50. The van der Waals surface area contributed by atoms with Crippen molar-refractivity contribution in [1.29, 1.82) is 0 Å². The normalized spacial score (nSPS) is 11.3. The molecular formula is C27H14BrFN4O3. The van der Waals surface area contributed by atoms with Crippen LogP contribution in [-0.4, -0.2) is 26.0 Å². The molecule has 0 aliphatic carbocycles. The van der Waals surface area contributed by atoms with Gasteiger partial charge in [0, 0.05) is 33.2 Å². The highest BCUT2D eigenvalue weighted by atomic mass is 79.9. The van der Waals surface area contributed by atoms with E-state index in [1.54, 1.807) is 48.7 Å². The summed E-state index contributed by atoms with van der Waals surface area (Å²) in [7, 11) is 0. The van der Waals surface area contributed by atoms with E-state index < -0.39 is 11.4 Å². The Bertz CT molecular complexity index is 1880. The number of aldehydes is 1. The van der Waals surface area contributed by atoms with Crippen LogP contribution in [0.2, 0.25) is 0 Å². The number of carbonyl (C=O) groups is 1. The van der Waals surface area contributed by atoms with Crippen LogP contribution in [0, 0.1) is 5.82 Å². The zero-order valence-electron chi connectivity index (χ0n) is 18.4. The van der Waals surface area contributed by atoms with Crippen LogP contribution in [0.5, 0.6) is 0 Å². The van der Waals surface area contributed by atoms with Crippen LogP contribution in [0.3, 0.4) is 0 Å². The molecule has 0 fully saturated rings. The third-order valence-corrected chi connectivity index (χ3v) is 6.23. The highest BCUT2D eigenvalue weighted by Crippen LogP contribution is 2.31. The number of rotatable bonds is 4. The van der Waals surface area contributed by atoms with Crippen molar-refractivity contribution in [3.05, 3.63) is 105 Å². The molecule has 0 aliphatic heterocycles. The van der Waals surface area contributed by atoms with Gasteiger partial charge in [-0.3, -0.25) is 4.79 Å². The summed E-state index contributed by atoms with van der Waals surface area (Å²) in [4.78, 5) is 33.8. The lowest BCUT2D eigenvalue weighted by Crippen LogP contribution is -2.06. The van der Waals surface area contributed by atoms with Crippen molar-refractivity contribution < 1.29 is 13.6 Å². The molecule has 0 N–H and O–H groups in total. The first-order chi connectivity index (χ1) is 17.5. The highest BCUT2D eigenvalue weighted by Gasteiger charge is 2.20. The first-order valence-corrected chi connectivity index (χ1v) is 11.6. The summed E-state index contributed by atoms with van der Waals surface area (Å²) < 4.78 is 21.8. The quantitative estimate of drug-likeness (QED) is 0.202. The average Bonchev–Trinajstić information content (AvgIpc) is 3.32. The standard InChI is InChI=1S/C27H14BrFN4O3/c28-19-6-7-23-17(9-19)12-22(27(35)36-23)24-18(14-34)13-33(32-24)26-21(15-3-1-5-20(29)10-15)11-16-4-2-8-30-25(16)31-26/h1-14H. The second-order valence-electron chi connectivity index (χ2n) is 8.05. The van der Waals surface area contributed by atoms with Crippen molar-refractivity contribution in [2.75, 3.05) is 0 Å². The fraction of sp³-hybridized carbons (Fsp3) is 0. The largest absolute Gasteiger partial charge is 0.422 e. The van der Waals surface area contributed by atoms with Crippen molar-refractivity contribution in [1.82, 2.24) is 19.7 Å². The number of benzene rings is 2. The van der Waals surface area contributed by atoms with Gasteiger partial charge in [-0.15, -0.1) is 0 Å². The van der Waals surface area contributed by atoms with E-state index in [4.69, 9.17) is 4.42 Å². The van der Waals surface area contributed by atoms with Crippen molar-refractivity contribution in [2.45, 2.75) is 0 Å². The number of nitrogens with zero attached hydrogens (tertiary/aromatic N) is 4. The molecule has 0 bridgehead atoms. The van der Waals surface area contributed by atoms with Gasteiger partial charge in [0.25, 0.3) is 0 Å². The minimum absolute atomic E-state index is 0.132. The van der Waals surface area contributed by atoms with Crippen molar-refractivity contribution in [2.24, 2.45) is 0 Å². The lowest BCUT2D eigenvalue weighted by Gasteiger charge is -2.11. The number of aromatic nitrogens is 4. The van der Waals surface area contributed by atoms with Gasteiger partial charge in [0.05, 0.1) is 11.1 Å². The van der Waals surface area contributed by atoms with Crippen LogP contribution < -0.4 is 5.63 Å². The molecule has 0 radical (unpaired) electrons. The van der Waals surface area contributed by atoms with Gasteiger partial charge in [-0.25, -0.2) is 23.8 Å². The topological polar surface area (TPSA) is 90.9 Å². The van der Waals surface area contributed by atoms with E-state index in [9.17, 15) is 14.0 Å². The molecule has 6 rings (SSSR count). The van der Waals surface area contributed by atoms with E-state index >= 15 is 0 Å². The van der Waals surface area contributed by atoms with Gasteiger partial charge in [0.2, 0.25) is 0 Å². The molecule has 9 heteroatoms. The molecule has 4 aromatic heterocycles. The maximum atomic E-state index is 14.1. The Morgan fingerprint density at radius 3 is 2.67 bits per heavy atom. The maximum absolute atomic E-state index is 14.1. The van der Waals surface area contributed by atoms with Gasteiger partial charge in [0.1, 0.15) is 17.1 Å². The van der Waals surface area contributed by atoms with E-state index in [1.165, 1.54) is 23.0 Å². The van der Waals surface area contributed by atoms with E-state index in [2.05, 4.69) is 31.0 Å². The van der Waals surface area contributed by atoms with Crippen molar-refractivity contribution in [3.63, 3.8) is 0 Å². The van der Waals surface area contributed by atoms with Crippen LogP contribution in [0.25, 0.3) is 50.2 Å². The predicted octanol–water partition coefficient (Wildman–Crippen LogP) is 5.97. The number of carbonyl (C=O) groups excluding carboxylic acids is 1. The number of hydrogen-bond donors (Lipinski definition) is 0. The minimum Gasteiger partial charge on any atom is -0.422 e. The summed E-state index contributed by atoms with van der Waals surface area (Å²) in [6, 6.07) is 18.5. The molecule has 0 aliphatic rings. The van der Waals surface area contributed by atoms with Gasteiger partial charge in [-0.1, -0.05) is 28.1 Å². The van der Waals surface area contributed by atoms with Crippen molar-refractivity contribution in [3.8, 4) is 28.2 Å². The molecule has 2 aromatic carbocycles. The maximum Gasteiger partial charge on any atom is 0.345 e. The van der Waals surface area contributed by atoms with E-state index in [0.29, 0.717) is 39.8 Å². The van der Waals surface area contributed by atoms with Gasteiger partial charge < -0.3 is 4.42 Å². The summed E-state index contributed by atoms with van der Waals surface area (Å²) in [6.45, 7) is 0. The number of pyridine rings is 2. The summed E-state index contributed by atoms with van der Waals surface area (Å²) in [5.74, 6) is -0.0755. The Balaban J connectivity index is 1.60. The van der Waals surface area contributed by atoms with Crippen LogP contribution in [-0.2, 0) is 0 Å². The molecule has 7 nitrogen and oxygen atoms in total. The van der Waals surface area contributed by atoms with E-state index in [-0.39, 0.29) is 16.8 Å². The third-order valence-electron chi connectivity index (χ3n) is 5.74. The fourth-order valence-corrected chi connectivity index (χ4v) is 4.47. The lowest BCUT2D eigenvalue weighted by atomic mass is 10.0. The molecular weight excluding hydrogens is 527 g/mol. The summed E-state index contributed by atoms with van der Waals surface area (Å²) in [5.41, 5.74) is 1.84. The fourth-order valence-electron chi connectivity index (χ4n) is 4.09. The van der Waals surface area contributed by atoms with E-state index in [0.717, 1.165) is 9.86 Å². The molecule has 0 saturated carbocycles. The Kier molecular flexibility index (Phi) is 5.26. The molecule has 0 spiro atoms. The molecule has 0 saturated heterocycles. The van der Waals surface area contributed by atoms with Gasteiger partial charge >= 0.3 is 5.63 Å². The smallest absolute Gasteiger partial charge is 0.345 e. The molecule has 0 unspecified atom stereocenters. The highest BCUT2D eigenvalue weighted by molar-refractivity contribution is 9.10. The number of fused-ring (bicyclic) bond motifs is 2. The second-order valence-corrected chi connectivity index (χ2v) is 8.96. The van der Waals surface area contributed by atoms with Crippen LogP contribution >= 0.6 is 15.9 Å². The average molecular weight is 541 g/mol. The first-order valence-electron chi connectivity index (χ1n) is 10.8.